The van der Waals surface area contributed by atoms with E-state index in [0.29, 0.717) is 14.3 Å². The molecule has 0 bridgehead atoms. The number of hydrogen-bond donors (Lipinski definition) is 1. The number of nitrogens with zero attached hydrogens (tertiary/aromatic N) is 1. The summed E-state index contributed by atoms with van der Waals surface area (Å²) in [6.45, 7) is 10.7. The molecule has 2 aromatic rings. The van der Waals surface area contributed by atoms with Crippen molar-refractivity contribution in [3.05, 3.63) is 52.6 Å². The average molecular weight is 343 g/mol. The topological polar surface area (TPSA) is 23.5 Å². The van der Waals surface area contributed by atoms with Crippen molar-refractivity contribution in [3.63, 3.8) is 0 Å². The maximum atomic E-state index is 10.7. The fourth-order valence-electron chi connectivity index (χ4n) is 3.14. The van der Waals surface area contributed by atoms with Gasteiger partial charge in [-0.25, -0.2) is 0 Å². The molecule has 0 heterocycles. The quantitative estimate of drug-likeness (QED) is 0.771. The fraction of sp³-hybridized carbons (Fsp3) is 0.429. The highest BCUT2D eigenvalue weighted by molar-refractivity contribution is 7.49. The molecule has 130 valence electrons. The first-order chi connectivity index (χ1) is 11.2. The van der Waals surface area contributed by atoms with Gasteiger partial charge in [-0.3, -0.25) is 0 Å². The molecule has 0 aliphatic carbocycles. The molecule has 0 amide bonds. The zero-order valence-corrected chi connectivity index (χ0v) is 17.0. The van der Waals surface area contributed by atoms with Crippen LogP contribution in [0.25, 0.3) is 0 Å². The van der Waals surface area contributed by atoms with Crippen LogP contribution in [0, 0.1) is 20.8 Å². The molecule has 3 heteroatoms. The van der Waals surface area contributed by atoms with Crippen molar-refractivity contribution in [2.45, 2.75) is 46.2 Å². The van der Waals surface area contributed by atoms with Gasteiger partial charge in [-0.2, -0.15) is 0 Å². The Labute approximate surface area is 148 Å². The van der Waals surface area contributed by atoms with Gasteiger partial charge in [-0.05, 0) is 49.7 Å². The van der Waals surface area contributed by atoms with Crippen LogP contribution in [-0.2, 0) is 5.16 Å². The number of rotatable bonds is 5. The predicted octanol–water partition coefficient (Wildman–Crippen LogP) is 5.01. The predicted molar refractivity (Wildman–Crippen MR) is 109 cm³/mol. The molecule has 0 saturated heterocycles. The van der Waals surface area contributed by atoms with Gasteiger partial charge in [-0.1, -0.05) is 52.3 Å². The number of phenols is 1. The van der Waals surface area contributed by atoms with Gasteiger partial charge >= 0.3 is 0 Å². The maximum absolute atomic E-state index is 10.7. The Kier molecular flexibility index (Phi) is 5.60. The molecule has 0 spiro atoms. The molecule has 2 nitrogen and oxygen atoms in total. The van der Waals surface area contributed by atoms with E-state index in [0.717, 1.165) is 17.5 Å². The van der Waals surface area contributed by atoms with E-state index >= 15 is 0 Å². The summed E-state index contributed by atoms with van der Waals surface area (Å²) < 4.78 is 0. The molecular formula is C21H30NOP. The Morgan fingerprint density at radius 1 is 1.04 bits per heavy atom. The van der Waals surface area contributed by atoms with Gasteiger partial charge in [0, 0.05) is 30.5 Å². The van der Waals surface area contributed by atoms with Gasteiger partial charge in [0.2, 0.25) is 0 Å². The lowest BCUT2D eigenvalue weighted by molar-refractivity contribution is 0.452. The van der Waals surface area contributed by atoms with Crippen molar-refractivity contribution in [2.75, 3.05) is 19.0 Å². The van der Waals surface area contributed by atoms with Crippen LogP contribution >= 0.6 is 8.58 Å². The van der Waals surface area contributed by atoms with Crippen LogP contribution in [0.15, 0.2) is 30.3 Å². The Bertz CT molecular complexity index is 739. The number of hydrogen-bond acceptors (Lipinski definition) is 2. The summed E-state index contributed by atoms with van der Waals surface area (Å²) in [4.78, 5) is 2.19. The zero-order valence-electron chi connectivity index (χ0n) is 16.0. The van der Waals surface area contributed by atoms with E-state index in [-0.39, 0.29) is 5.16 Å². The first kappa shape index (κ1) is 18.8. The van der Waals surface area contributed by atoms with Crippen molar-refractivity contribution in [1.29, 1.82) is 0 Å². The fourth-order valence-corrected chi connectivity index (χ4v) is 4.83. The third-order valence-corrected chi connectivity index (χ3v) is 6.66. The van der Waals surface area contributed by atoms with Crippen molar-refractivity contribution in [1.82, 2.24) is 0 Å². The SMILES string of the molecule is CCC(C)(Pc1ccc(C)cc1N(C)C)c1cc(C)cc(C)c1O. The van der Waals surface area contributed by atoms with Crippen LogP contribution in [0.3, 0.4) is 0 Å². The summed E-state index contributed by atoms with van der Waals surface area (Å²) in [5.41, 5.74) is 5.80. The molecule has 2 aromatic carbocycles. The van der Waals surface area contributed by atoms with E-state index in [9.17, 15) is 5.11 Å². The summed E-state index contributed by atoms with van der Waals surface area (Å²) in [7, 11) is 4.80. The second-order valence-corrected chi connectivity index (χ2v) is 9.10. The van der Waals surface area contributed by atoms with Crippen LogP contribution in [-0.4, -0.2) is 19.2 Å². The maximum Gasteiger partial charge on any atom is 0.122 e. The number of benzene rings is 2. The lowest BCUT2D eigenvalue weighted by Crippen LogP contribution is -2.23. The minimum Gasteiger partial charge on any atom is -0.507 e. The second-order valence-electron chi connectivity index (χ2n) is 7.20. The lowest BCUT2D eigenvalue weighted by Gasteiger charge is -2.32. The van der Waals surface area contributed by atoms with E-state index in [1.807, 2.05) is 6.92 Å². The van der Waals surface area contributed by atoms with Gasteiger partial charge in [-0.15, -0.1) is 0 Å². The molecule has 0 radical (unpaired) electrons. The highest BCUT2D eigenvalue weighted by Gasteiger charge is 2.30. The van der Waals surface area contributed by atoms with Crippen molar-refractivity contribution in [2.24, 2.45) is 0 Å². The van der Waals surface area contributed by atoms with Crippen LogP contribution < -0.4 is 10.2 Å². The Hall–Kier alpha value is -1.53. The molecule has 0 aliphatic rings. The van der Waals surface area contributed by atoms with Crippen LogP contribution in [0.4, 0.5) is 5.69 Å². The Morgan fingerprint density at radius 2 is 1.71 bits per heavy atom. The minimum atomic E-state index is -0.0686. The molecule has 1 N–H and O–H groups in total. The highest BCUT2D eigenvalue weighted by atomic mass is 31.1. The molecule has 2 atom stereocenters. The molecule has 24 heavy (non-hydrogen) atoms. The van der Waals surface area contributed by atoms with E-state index < -0.39 is 0 Å². The van der Waals surface area contributed by atoms with Crippen LogP contribution in [0.2, 0.25) is 0 Å². The average Bonchev–Trinajstić information content (AvgIpc) is 2.52. The van der Waals surface area contributed by atoms with Gasteiger partial charge in [0.05, 0.1) is 0 Å². The van der Waals surface area contributed by atoms with Crippen LogP contribution in [0.5, 0.6) is 5.75 Å². The molecule has 0 fully saturated rings. The van der Waals surface area contributed by atoms with Gasteiger partial charge in [0.25, 0.3) is 0 Å². The monoisotopic (exact) mass is 343 g/mol. The number of aryl methyl sites for hydroxylation is 3. The first-order valence-corrected chi connectivity index (χ1v) is 9.55. The molecule has 0 saturated carbocycles. The smallest absolute Gasteiger partial charge is 0.122 e. The summed E-state index contributed by atoms with van der Waals surface area (Å²) in [5, 5.41) is 12.0. The van der Waals surface area contributed by atoms with Gasteiger partial charge in [0.1, 0.15) is 5.75 Å². The first-order valence-electron chi connectivity index (χ1n) is 8.55. The van der Waals surface area contributed by atoms with E-state index in [4.69, 9.17) is 0 Å². The summed E-state index contributed by atoms with van der Waals surface area (Å²) in [6, 6.07) is 10.9. The highest BCUT2D eigenvalue weighted by Crippen LogP contribution is 2.49. The standard InChI is InChI=1S/C21H30NOP/c1-8-21(5,17-12-15(3)11-16(4)20(17)23)24-19-10-9-14(2)13-18(19)22(6)7/h9-13,23-24H,8H2,1-7H3. The van der Waals surface area contributed by atoms with Gasteiger partial charge < -0.3 is 10.0 Å². The Morgan fingerprint density at radius 3 is 2.29 bits per heavy atom. The lowest BCUT2D eigenvalue weighted by atomic mass is 9.93. The number of phenolic OH excluding ortho intramolecular Hbond substituents is 1. The summed E-state index contributed by atoms with van der Waals surface area (Å²) >= 11 is 0. The molecular weight excluding hydrogens is 313 g/mol. The summed E-state index contributed by atoms with van der Waals surface area (Å²) in [6.07, 6.45) is 0.989. The summed E-state index contributed by atoms with van der Waals surface area (Å²) in [5.74, 6) is 0.455. The second kappa shape index (κ2) is 7.15. The molecule has 0 aromatic heterocycles. The molecule has 2 rings (SSSR count). The largest absolute Gasteiger partial charge is 0.507 e. The van der Waals surface area contributed by atoms with Crippen molar-refractivity contribution >= 4 is 19.6 Å². The van der Waals surface area contributed by atoms with Crippen molar-refractivity contribution in [3.8, 4) is 5.75 Å². The van der Waals surface area contributed by atoms with E-state index in [1.54, 1.807) is 0 Å². The minimum absolute atomic E-state index is 0.0686. The van der Waals surface area contributed by atoms with Gasteiger partial charge in [0.15, 0.2) is 0 Å². The molecule has 2 unspecified atom stereocenters. The number of anilines is 1. The zero-order chi connectivity index (χ0) is 18.1. The van der Waals surface area contributed by atoms with Crippen LogP contribution in [0.1, 0.15) is 42.5 Å². The Balaban J connectivity index is 2.53. The third kappa shape index (κ3) is 3.75. The number of aromatic hydroxyl groups is 1. The van der Waals surface area contributed by atoms with E-state index in [2.05, 4.69) is 77.0 Å². The molecule has 0 aliphatic heterocycles. The third-order valence-electron chi connectivity index (χ3n) is 4.79. The van der Waals surface area contributed by atoms with E-state index in [1.165, 1.54) is 22.1 Å². The van der Waals surface area contributed by atoms with Crippen molar-refractivity contribution < 1.29 is 5.11 Å². The normalized spacial score (nSPS) is 14.1.